The van der Waals surface area contributed by atoms with Gasteiger partial charge >= 0.3 is 6.18 Å². The second-order valence-corrected chi connectivity index (χ2v) is 11.1. The third kappa shape index (κ3) is 8.67. The van der Waals surface area contributed by atoms with Crippen LogP contribution in [0.25, 0.3) is 6.08 Å². The molecule has 2 heterocycles. The lowest BCUT2D eigenvalue weighted by Gasteiger charge is -2.38. The van der Waals surface area contributed by atoms with E-state index in [0.717, 1.165) is 68.0 Å². The highest BCUT2D eigenvalue weighted by molar-refractivity contribution is 5.92. The SMILES string of the molecule is CC(C)CCN1CCC(N(Cc2ccc(N(C)c3ccncc3)cc2)C(=O)C=Cc2ccc(C(F)(F)F)cc2)CC1. The first kappa shape index (κ1) is 30.3. The number of hydrogen-bond acceptors (Lipinski definition) is 4. The second-order valence-electron chi connectivity index (χ2n) is 11.1. The summed E-state index contributed by atoms with van der Waals surface area (Å²) >= 11 is 0. The number of piperidine rings is 1. The first-order valence-corrected chi connectivity index (χ1v) is 14.2. The Morgan fingerprint density at radius 1 is 0.976 bits per heavy atom. The Morgan fingerprint density at radius 3 is 2.17 bits per heavy atom. The van der Waals surface area contributed by atoms with Crippen LogP contribution >= 0.6 is 0 Å². The molecule has 1 amide bonds. The maximum Gasteiger partial charge on any atom is 0.416 e. The highest BCUT2D eigenvalue weighted by Crippen LogP contribution is 2.29. The molecule has 0 saturated carbocycles. The molecule has 3 aromatic rings. The number of alkyl halides is 3. The minimum atomic E-state index is -4.39. The molecule has 0 spiro atoms. The minimum absolute atomic E-state index is 0.0919. The molecule has 0 aliphatic carbocycles. The van der Waals surface area contributed by atoms with E-state index in [9.17, 15) is 18.0 Å². The van der Waals surface area contributed by atoms with E-state index < -0.39 is 11.7 Å². The number of anilines is 2. The van der Waals surface area contributed by atoms with Crippen molar-refractivity contribution >= 4 is 23.4 Å². The molecule has 1 saturated heterocycles. The number of nitrogens with zero attached hydrogens (tertiary/aromatic N) is 4. The number of rotatable bonds is 10. The lowest BCUT2D eigenvalue weighted by Crippen LogP contribution is -2.46. The van der Waals surface area contributed by atoms with E-state index in [1.165, 1.54) is 18.2 Å². The van der Waals surface area contributed by atoms with Crippen LogP contribution in [0.1, 0.15) is 49.8 Å². The van der Waals surface area contributed by atoms with Crippen LogP contribution in [-0.2, 0) is 17.5 Å². The minimum Gasteiger partial charge on any atom is -0.345 e. The fourth-order valence-electron chi connectivity index (χ4n) is 5.07. The predicted molar refractivity (Wildman–Crippen MR) is 159 cm³/mol. The number of aromatic nitrogens is 1. The molecular weight excluding hydrogens is 525 g/mol. The van der Waals surface area contributed by atoms with Gasteiger partial charge in [-0.1, -0.05) is 38.1 Å². The Labute approximate surface area is 241 Å². The van der Waals surface area contributed by atoms with Crippen LogP contribution in [0.2, 0.25) is 0 Å². The highest BCUT2D eigenvalue weighted by Gasteiger charge is 2.30. The van der Waals surface area contributed by atoms with E-state index in [1.807, 2.05) is 48.3 Å². The van der Waals surface area contributed by atoms with E-state index in [0.29, 0.717) is 18.0 Å². The van der Waals surface area contributed by atoms with Gasteiger partial charge in [0.25, 0.3) is 0 Å². The largest absolute Gasteiger partial charge is 0.416 e. The number of hydrogen-bond donors (Lipinski definition) is 0. The van der Waals surface area contributed by atoms with Gasteiger partial charge in [-0.2, -0.15) is 13.2 Å². The molecule has 0 unspecified atom stereocenters. The Morgan fingerprint density at radius 2 is 1.59 bits per heavy atom. The van der Waals surface area contributed by atoms with E-state index in [1.54, 1.807) is 18.5 Å². The third-order valence-electron chi connectivity index (χ3n) is 7.69. The van der Waals surface area contributed by atoms with E-state index in [4.69, 9.17) is 0 Å². The van der Waals surface area contributed by atoms with E-state index in [-0.39, 0.29) is 11.9 Å². The van der Waals surface area contributed by atoms with E-state index in [2.05, 4.69) is 28.6 Å². The van der Waals surface area contributed by atoms with Crippen molar-refractivity contribution in [1.82, 2.24) is 14.8 Å². The van der Waals surface area contributed by atoms with Gasteiger partial charge in [-0.15, -0.1) is 0 Å². The zero-order valence-corrected chi connectivity index (χ0v) is 24.0. The summed E-state index contributed by atoms with van der Waals surface area (Å²) in [7, 11) is 2.00. The number of benzene rings is 2. The fourth-order valence-corrected chi connectivity index (χ4v) is 5.07. The molecule has 0 N–H and O–H groups in total. The van der Waals surface area contributed by atoms with Gasteiger partial charge < -0.3 is 14.7 Å². The van der Waals surface area contributed by atoms with Gasteiger partial charge in [0.15, 0.2) is 0 Å². The maximum absolute atomic E-state index is 13.5. The summed E-state index contributed by atoms with van der Waals surface area (Å²) in [6.45, 7) is 7.89. The lowest BCUT2D eigenvalue weighted by molar-refractivity contribution is -0.137. The van der Waals surface area contributed by atoms with Crippen molar-refractivity contribution in [3.8, 4) is 0 Å². The van der Waals surface area contributed by atoms with Crippen LogP contribution in [0, 0.1) is 5.92 Å². The zero-order valence-electron chi connectivity index (χ0n) is 24.0. The molecule has 4 rings (SSSR count). The molecular formula is C33H39F3N4O. The fraction of sp³-hybridized carbons (Fsp3) is 0.394. The average Bonchev–Trinajstić information content (AvgIpc) is 2.98. The quantitative estimate of drug-likeness (QED) is 0.240. The van der Waals surface area contributed by atoms with Crippen molar-refractivity contribution in [2.45, 2.75) is 51.9 Å². The number of carbonyl (C=O) groups excluding carboxylic acids is 1. The Kier molecular flexibility index (Phi) is 10.2. The molecule has 218 valence electrons. The number of likely N-dealkylation sites (tertiary alicyclic amines) is 1. The van der Waals surface area contributed by atoms with Gasteiger partial charge in [-0.05, 0) is 85.3 Å². The van der Waals surface area contributed by atoms with Gasteiger partial charge in [0, 0.05) is 62.6 Å². The predicted octanol–water partition coefficient (Wildman–Crippen LogP) is 7.42. The van der Waals surface area contributed by atoms with Crippen molar-refractivity contribution in [1.29, 1.82) is 0 Å². The molecule has 1 aliphatic rings. The maximum atomic E-state index is 13.5. The monoisotopic (exact) mass is 564 g/mol. The molecule has 8 heteroatoms. The second kappa shape index (κ2) is 13.8. The van der Waals surface area contributed by atoms with Gasteiger partial charge in [-0.3, -0.25) is 9.78 Å². The van der Waals surface area contributed by atoms with Crippen LogP contribution in [0.4, 0.5) is 24.5 Å². The third-order valence-corrected chi connectivity index (χ3v) is 7.69. The van der Waals surface area contributed by atoms with Crippen LogP contribution in [0.5, 0.6) is 0 Å². The van der Waals surface area contributed by atoms with Gasteiger partial charge in [0.05, 0.1) is 5.56 Å². The topological polar surface area (TPSA) is 39.7 Å². The molecule has 1 fully saturated rings. The van der Waals surface area contributed by atoms with Crippen molar-refractivity contribution in [3.63, 3.8) is 0 Å². The molecule has 0 radical (unpaired) electrons. The Balaban J connectivity index is 1.48. The summed E-state index contributed by atoms with van der Waals surface area (Å²) in [4.78, 5) is 24.1. The summed E-state index contributed by atoms with van der Waals surface area (Å²) in [6, 6.07) is 17.0. The summed E-state index contributed by atoms with van der Waals surface area (Å²) < 4.78 is 38.8. The van der Waals surface area contributed by atoms with Crippen LogP contribution < -0.4 is 4.90 Å². The van der Waals surface area contributed by atoms with Gasteiger partial charge in [0.1, 0.15) is 0 Å². The van der Waals surface area contributed by atoms with Crippen LogP contribution in [0.3, 0.4) is 0 Å². The molecule has 1 aromatic heterocycles. The van der Waals surface area contributed by atoms with Gasteiger partial charge in [0.2, 0.25) is 5.91 Å². The molecule has 41 heavy (non-hydrogen) atoms. The van der Waals surface area contributed by atoms with Crippen molar-refractivity contribution < 1.29 is 18.0 Å². The molecule has 1 aliphatic heterocycles. The first-order valence-electron chi connectivity index (χ1n) is 14.2. The summed E-state index contributed by atoms with van der Waals surface area (Å²) in [5, 5.41) is 0. The van der Waals surface area contributed by atoms with Crippen LogP contribution in [0.15, 0.2) is 79.1 Å². The normalized spacial score (nSPS) is 15.0. The van der Waals surface area contributed by atoms with Crippen molar-refractivity contribution in [2.24, 2.45) is 5.92 Å². The van der Waals surface area contributed by atoms with Crippen molar-refractivity contribution in [3.05, 3.63) is 95.8 Å². The van der Waals surface area contributed by atoms with Crippen molar-refractivity contribution in [2.75, 3.05) is 31.6 Å². The number of pyridine rings is 1. The molecule has 5 nitrogen and oxygen atoms in total. The van der Waals surface area contributed by atoms with E-state index >= 15 is 0 Å². The van der Waals surface area contributed by atoms with Crippen LogP contribution in [-0.4, -0.2) is 53.4 Å². The standard InChI is InChI=1S/C33H39F3N4O/c1-25(2)16-21-39-22-17-31(18-23-39)40(32(41)13-8-26-4-9-28(10-5-26)33(34,35)36)24-27-6-11-29(12-7-27)38(3)30-14-19-37-20-15-30/h4-15,19-20,25,31H,16-18,21-24H2,1-3H3. The van der Waals surface area contributed by atoms with Gasteiger partial charge in [-0.25, -0.2) is 0 Å². The summed E-state index contributed by atoms with van der Waals surface area (Å²) in [6.07, 6.45) is 5.15. The lowest BCUT2D eigenvalue weighted by atomic mass is 10.0. The number of amides is 1. The number of halogens is 3. The average molecular weight is 565 g/mol. The summed E-state index contributed by atoms with van der Waals surface area (Å²) in [5.74, 6) is 0.519. The Bertz CT molecular complexity index is 1270. The molecule has 0 bridgehead atoms. The first-order chi connectivity index (χ1) is 19.6. The Hall–Kier alpha value is -3.65. The zero-order chi connectivity index (χ0) is 29.4. The molecule has 0 atom stereocenters. The number of carbonyl (C=O) groups is 1. The highest BCUT2D eigenvalue weighted by atomic mass is 19.4. The molecule has 2 aromatic carbocycles. The smallest absolute Gasteiger partial charge is 0.345 e. The summed E-state index contributed by atoms with van der Waals surface area (Å²) in [5.41, 5.74) is 2.93.